The van der Waals surface area contributed by atoms with E-state index in [2.05, 4.69) is 92.9 Å². The molecule has 0 radical (unpaired) electrons. The van der Waals surface area contributed by atoms with E-state index in [1.807, 2.05) is 18.2 Å². The average Bonchev–Trinajstić information content (AvgIpc) is 2.99. The highest BCUT2D eigenvalue weighted by Gasteiger charge is 2.27. The zero-order chi connectivity index (χ0) is 34.5. The smallest absolute Gasteiger partial charge is 0.201 e. The van der Waals surface area contributed by atoms with Crippen LogP contribution in [0.2, 0.25) is 0 Å². The number of benzene rings is 2. The van der Waals surface area contributed by atoms with Crippen molar-refractivity contribution in [2.45, 2.75) is 118 Å². The molecule has 0 saturated carbocycles. The Morgan fingerprint density at radius 1 is 0.630 bits per heavy atom. The standard InChI is InChI=1S/C42H58O4/c1-11-41(9,25-15-21-32(7)19-13-17-30(3)4)34-23-24-36(43)38(28-34)46-39-29-35(27-37(44)40(39)45)42(10,12-2)26-16-22-33(8)20-14-18-31(5)6/h11-12,17-18,21-24,27-29,43-45H,1-2,13-16,19-20,25-26H2,3-10H3/b32-21+,33-22+. The lowest BCUT2D eigenvalue weighted by molar-refractivity contribution is 0.359. The molecule has 0 saturated heterocycles. The van der Waals surface area contributed by atoms with Gasteiger partial charge in [-0.05, 0) is 128 Å². The zero-order valence-electron chi connectivity index (χ0n) is 29.7. The van der Waals surface area contributed by atoms with E-state index in [-0.39, 0.29) is 34.2 Å². The van der Waals surface area contributed by atoms with Gasteiger partial charge in [-0.25, -0.2) is 0 Å². The van der Waals surface area contributed by atoms with Gasteiger partial charge in [-0.15, -0.1) is 13.2 Å². The van der Waals surface area contributed by atoms with Gasteiger partial charge in [-0.3, -0.25) is 0 Å². The monoisotopic (exact) mass is 626 g/mol. The van der Waals surface area contributed by atoms with Gasteiger partial charge < -0.3 is 20.1 Å². The minimum absolute atomic E-state index is 0.0605. The first-order valence-electron chi connectivity index (χ1n) is 16.6. The molecule has 0 amide bonds. The second-order valence-corrected chi connectivity index (χ2v) is 13.7. The molecule has 0 aromatic heterocycles. The highest BCUT2D eigenvalue weighted by Crippen LogP contribution is 2.46. The van der Waals surface area contributed by atoms with E-state index in [9.17, 15) is 15.3 Å². The Balaban J connectivity index is 2.29. The van der Waals surface area contributed by atoms with Gasteiger partial charge in [-0.2, -0.15) is 0 Å². The molecule has 0 fully saturated rings. The third kappa shape index (κ3) is 11.5. The molecule has 0 aliphatic heterocycles. The number of hydrogen-bond donors (Lipinski definition) is 3. The summed E-state index contributed by atoms with van der Waals surface area (Å²) in [7, 11) is 0. The first-order chi connectivity index (χ1) is 21.6. The van der Waals surface area contributed by atoms with Gasteiger partial charge in [0.25, 0.3) is 0 Å². The number of phenolic OH excluding ortho intramolecular Hbond substituents is 3. The van der Waals surface area contributed by atoms with E-state index in [1.165, 1.54) is 22.3 Å². The van der Waals surface area contributed by atoms with Crippen LogP contribution in [0.1, 0.15) is 118 Å². The van der Waals surface area contributed by atoms with E-state index in [4.69, 9.17) is 4.74 Å². The Labute approximate surface area is 279 Å². The van der Waals surface area contributed by atoms with Crippen molar-refractivity contribution in [2.24, 2.45) is 0 Å². The van der Waals surface area contributed by atoms with Crippen LogP contribution in [0.4, 0.5) is 0 Å². The van der Waals surface area contributed by atoms with Crippen molar-refractivity contribution in [3.05, 3.63) is 113 Å². The molecule has 4 heteroatoms. The fraction of sp³-hybridized carbons (Fsp3) is 0.429. The van der Waals surface area contributed by atoms with Gasteiger partial charge in [0.05, 0.1) is 0 Å². The van der Waals surface area contributed by atoms with Crippen LogP contribution < -0.4 is 4.74 Å². The number of phenols is 3. The molecule has 0 bridgehead atoms. The Morgan fingerprint density at radius 3 is 1.59 bits per heavy atom. The average molecular weight is 627 g/mol. The molecule has 0 heterocycles. The quantitative estimate of drug-likeness (QED) is 0.114. The third-order valence-corrected chi connectivity index (χ3v) is 8.95. The van der Waals surface area contributed by atoms with Crippen LogP contribution in [0.5, 0.6) is 28.7 Å². The number of hydrogen-bond acceptors (Lipinski definition) is 4. The zero-order valence-corrected chi connectivity index (χ0v) is 29.7. The molecule has 0 aliphatic rings. The molecule has 2 aromatic rings. The second-order valence-electron chi connectivity index (χ2n) is 13.7. The van der Waals surface area contributed by atoms with Crippen LogP contribution in [0.15, 0.2) is 102 Å². The van der Waals surface area contributed by atoms with Crippen molar-refractivity contribution >= 4 is 0 Å². The van der Waals surface area contributed by atoms with Crippen LogP contribution in [0.3, 0.4) is 0 Å². The Hall–Kier alpha value is -3.92. The van der Waals surface area contributed by atoms with Crippen molar-refractivity contribution in [1.82, 2.24) is 0 Å². The van der Waals surface area contributed by atoms with E-state index in [0.717, 1.165) is 62.5 Å². The van der Waals surface area contributed by atoms with Gasteiger partial charge >= 0.3 is 0 Å². The minimum atomic E-state index is -0.484. The first-order valence-corrected chi connectivity index (χ1v) is 16.6. The second kappa shape index (κ2) is 17.7. The topological polar surface area (TPSA) is 69.9 Å². The van der Waals surface area contributed by atoms with Gasteiger partial charge in [0.15, 0.2) is 23.0 Å². The predicted octanol–water partition coefficient (Wildman–Crippen LogP) is 12.4. The summed E-state index contributed by atoms with van der Waals surface area (Å²) < 4.78 is 6.13. The minimum Gasteiger partial charge on any atom is -0.504 e. The molecule has 2 rings (SSSR count). The Morgan fingerprint density at radius 2 is 1.11 bits per heavy atom. The van der Waals surface area contributed by atoms with E-state index in [1.54, 1.807) is 24.3 Å². The van der Waals surface area contributed by atoms with E-state index < -0.39 is 5.41 Å². The molecular formula is C42H58O4. The fourth-order valence-electron chi connectivity index (χ4n) is 5.42. The van der Waals surface area contributed by atoms with Crippen LogP contribution in [-0.4, -0.2) is 15.3 Å². The summed E-state index contributed by atoms with van der Waals surface area (Å²) in [5.41, 5.74) is 6.23. The highest BCUT2D eigenvalue weighted by atomic mass is 16.5. The highest BCUT2D eigenvalue weighted by molar-refractivity contribution is 5.57. The Bertz CT molecular complexity index is 1460. The number of aromatic hydroxyl groups is 3. The van der Waals surface area contributed by atoms with E-state index >= 15 is 0 Å². The van der Waals surface area contributed by atoms with Crippen LogP contribution in [0, 0.1) is 0 Å². The first kappa shape index (κ1) is 38.3. The molecule has 0 spiro atoms. The summed E-state index contributed by atoms with van der Waals surface area (Å²) in [6.07, 6.45) is 20.4. The van der Waals surface area contributed by atoms with Crippen LogP contribution in [-0.2, 0) is 10.8 Å². The van der Waals surface area contributed by atoms with Crippen molar-refractivity contribution in [1.29, 1.82) is 0 Å². The lowest BCUT2D eigenvalue weighted by Crippen LogP contribution is -2.19. The molecule has 2 atom stereocenters. The maximum absolute atomic E-state index is 10.8. The predicted molar refractivity (Wildman–Crippen MR) is 196 cm³/mol. The number of ether oxygens (including phenoxy) is 1. The molecule has 0 aliphatic carbocycles. The summed E-state index contributed by atoms with van der Waals surface area (Å²) in [6, 6.07) is 8.57. The third-order valence-electron chi connectivity index (χ3n) is 8.95. The fourth-order valence-corrected chi connectivity index (χ4v) is 5.42. The molecule has 4 nitrogen and oxygen atoms in total. The summed E-state index contributed by atoms with van der Waals surface area (Å²) in [5, 5.41) is 32.3. The molecular weight excluding hydrogens is 568 g/mol. The number of allylic oxidation sites excluding steroid dienone is 10. The Kier molecular flexibility index (Phi) is 14.7. The van der Waals surface area contributed by atoms with Gasteiger partial charge in [0.2, 0.25) is 5.75 Å². The molecule has 46 heavy (non-hydrogen) atoms. The van der Waals surface area contributed by atoms with Gasteiger partial charge in [0.1, 0.15) is 0 Å². The summed E-state index contributed by atoms with van der Waals surface area (Å²) in [6.45, 7) is 25.2. The van der Waals surface area contributed by atoms with Crippen molar-refractivity contribution in [3.8, 4) is 28.7 Å². The molecule has 3 N–H and O–H groups in total. The summed E-state index contributed by atoms with van der Waals surface area (Å²) >= 11 is 0. The molecule has 250 valence electrons. The lowest BCUT2D eigenvalue weighted by Gasteiger charge is -2.28. The maximum atomic E-state index is 10.8. The summed E-state index contributed by atoms with van der Waals surface area (Å²) in [4.78, 5) is 0. The van der Waals surface area contributed by atoms with Crippen LogP contribution >= 0.6 is 0 Å². The van der Waals surface area contributed by atoms with Crippen molar-refractivity contribution < 1.29 is 20.1 Å². The SMILES string of the molecule is C=CC(C)(CC/C=C(\C)CCC=C(C)C)c1ccc(O)c(Oc2cc(C(C)(C=C)CC/C=C(\C)CCC=C(C)C)cc(O)c2O)c1. The normalized spacial score (nSPS) is 14.5. The molecule has 2 aromatic carbocycles. The largest absolute Gasteiger partial charge is 0.504 e. The summed E-state index contributed by atoms with van der Waals surface area (Å²) in [5.74, 6) is -0.461. The van der Waals surface area contributed by atoms with Gasteiger partial charge in [-0.1, -0.05) is 78.7 Å². The van der Waals surface area contributed by atoms with Gasteiger partial charge in [0, 0.05) is 10.8 Å². The van der Waals surface area contributed by atoms with Crippen molar-refractivity contribution in [3.63, 3.8) is 0 Å². The van der Waals surface area contributed by atoms with Crippen LogP contribution in [0.25, 0.3) is 0 Å². The lowest BCUT2D eigenvalue weighted by atomic mass is 9.78. The number of rotatable bonds is 18. The maximum Gasteiger partial charge on any atom is 0.201 e. The molecule has 2 unspecified atom stereocenters. The van der Waals surface area contributed by atoms with E-state index in [0.29, 0.717) is 0 Å². The van der Waals surface area contributed by atoms with Crippen molar-refractivity contribution in [2.75, 3.05) is 0 Å².